The van der Waals surface area contributed by atoms with Crippen LogP contribution in [0.25, 0.3) is 0 Å². The van der Waals surface area contributed by atoms with Crippen LogP contribution in [0.15, 0.2) is 6.20 Å². The highest BCUT2D eigenvalue weighted by atomic mass is 14.9. The molecule has 1 heterocycles. The number of hydrogen-bond acceptors (Lipinski definition) is 3. The van der Waals surface area contributed by atoms with Crippen LogP contribution in [-0.2, 0) is 0 Å². The first kappa shape index (κ1) is 10.6. The van der Waals surface area contributed by atoms with Gasteiger partial charge >= 0.3 is 0 Å². The molecule has 2 unspecified atom stereocenters. The van der Waals surface area contributed by atoms with Gasteiger partial charge in [0.2, 0.25) is 0 Å². The average molecular weight is 205 g/mol. The fraction of sp³-hybridized carbons (Fsp3) is 0.667. The van der Waals surface area contributed by atoms with E-state index in [1.54, 1.807) is 0 Å². The second-order valence-corrected chi connectivity index (χ2v) is 5.30. The molecule has 0 aliphatic heterocycles. The van der Waals surface area contributed by atoms with Crippen molar-refractivity contribution in [3.8, 4) is 0 Å². The highest BCUT2D eigenvalue weighted by molar-refractivity contribution is 5.23. The van der Waals surface area contributed by atoms with Gasteiger partial charge in [0, 0.05) is 29.4 Å². The summed E-state index contributed by atoms with van der Waals surface area (Å²) in [7, 11) is 0. The van der Waals surface area contributed by atoms with Crippen molar-refractivity contribution >= 4 is 0 Å². The Labute approximate surface area is 91.1 Å². The van der Waals surface area contributed by atoms with Crippen LogP contribution in [-0.4, -0.2) is 9.97 Å². The molecule has 1 saturated carbocycles. The molecule has 0 radical (unpaired) electrons. The van der Waals surface area contributed by atoms with Crippen LogP contribution in [0.3, 0.4) is 0 Å². The van der Waals surface area contributed by atoms with E-state index in [-0.39, 0.29) is 6.04 Å². The van der Waals surface area contributed by atoms with Gasteiger partial charge in [-0.3, -0.25) is 0 Å². The Morgan fingerprint density at radius 2 is 2.13 bits per heavy atom. The summed E-state index contributed by atoms with van der Waals surface area (Å²) in [6, 6.07) is 0.0197. The van der Waals surface area contributed by atoms with Gasteiger partial charge in [-0.25, -0.2) is 9.97 Å². The Kier molecular flexibility index (Phi) is 2.30. The second-order valence-electron chi connectivity index (χ2n) is 5.30. The zero-order valence-corrected chi connectivity index (χ0v) is 9.91. The normalized spacial score (nSPS) is 25.0. The van der Waals surface area contributed by atoms with Gasteiger partial charge in [0.15, 0.2) is 0 Å². The van der Waals surface area contributed by atoms with E-state index in [2.05, 4.69) is 23.8 Å². The van der Waals surface area contributed by atoms with Gasteiger partial charge in [0.25, 0.3) is 0 Å². The van der Waals surface area contributed by atoms with Crippen molar-refractivity contribution in [2.45, 2.75) is 46.1 Å². The van der Waals surface area contributed by atoms with E-state index in [0.29, 0.717) is 11.3 Å². The zero-order valence-electron chi connectivity index (χ0n) is 9.91. The van der Waals surface area contributed by atoms with Crippen LogP contribution >= 0.6 is 0 Å². The molecule has 0 aromatic carbocycles. The van der Waals surface area contributed by atoms with E-state index < -0.39 is 0 Å². The first-order valence-electron chi connectivity index (χ1n) is 5.51. The highest BCUT2D eigenvalue weighted by Crippen LogP contribution is 2.57. The van der Waals surface area contributed by atoms with E-state index >= 15 is 0 Å². The Bertz CT molecular complexity index is 382. The van der Waals surface area contributed by atoms with Crippen molar-refractivity contribution in [2.75, 3.05) is 0 Å². The minimum atomic E-state index is 0.0197. The lowest BCUT2D eigenvalue weighted by Crippen LogP contribution is -2.10. The van der Waals surface area contributed by atoms with Gasteiger partial charge in [0.1, 0.15) is 5.82 Å². The van der Waals surface area contributed by atoms with E-state index in [0.717, 1.165) is 17.1 Å². The van der Waals surface area contributed by atoms with Crippen molar-refractivity contribution in [2.24, 2.45) is 11.1 Å². The molecule has 3 heteroatoms. The van der Waals surface area contributed by atoms with E-state index in [1.165, 1.54) is 6.42 Å². The Hall–Kier alpha value is -0.960. The zero-order chi connectivity index (χ0) is 11.2. The van der Waals surface area contributed by atoms with Crippen molar-refractivity contribution in [3.63, 3.8) is 0 Å². The van der Waals surface area contributed by atoms with E-state index in [4.69, 9.17) is 5.73 Å². The predicted molar refractivity (Wildman–Crippen MR) is 60.5 cm³/mol. The molecule has 1 aliphatic rings. The fourth-order valence-electron chi connectivity index (χ4n) is 2.02. The maximum atomic E-state index is 5.83. The molecule has 0 bridgehead atoms. The number of nitrogens with two attached hydrogens (primary N) is 1. The second kappa shape index (κ2) is 3.27. The standard InChI is InChI=1S/C12H19N3/c1-7(13)9-6-14-11(15-8(9)2)10-5-12(10,3)4/h6-7,10H,5,13H2,1-4H3. The van der Waals surface area contributed by atoms with E-state index in [1.807, 2.05) is 20.0 Å². The van der Waals surface area contributed by atoms with Crippen molar-refractivity contribution in [1.82, 2.24) is 9.97 Å². The summed E-state index contributed by atoms with van der Waals surface area (Å²) >= 11 is 0. The van der Waals surface area contributed by atoms with Crippen molar-refractivity contribution in [3.05, 3.63) is 23.3 Å². The molecule has 2 rings (SSSR count). The van der Waals surface area contributed by atoms with Crippen LogP contribution in [0.1, 0.15) is 56.2 Å². The largest absolute Gasteiger partial charge is 0.324 e. The number of rotatable bonds is 2. The molecule has 1 aromatic heterocycles. The third-order valence-electron chi connectivity index (χ3n) is 3.35. The number of aromatic nitrogens is 2. The first-order valence-corrected chi connectivity index (χ1v) is 5.51. The molecule has 3 nitrogen and oxygen atoms in total. The lowest BCUT2D eigenvalue weighted by atomic mass is 10.1. The van der Waals surface area contributed by atoms with Crippen LogP contribution in [0.5, 0.6) is 0 Å². The highest BCUT2D eigenvalue weighted by Gasteiger charge is 2.48. The maximum absolute atomic E-state index is 5.83. The first-order chi connectivity index (χ1) is 6.92. The van der Waals surface area contributed by atoms with Crippen LogP contribution in [0.4, 0.5) is 0 Å². The topological polar surface area (TPSA) is 51.8 Å². The molecule has 15 heavy (non-hydrogen) atoms. The molecule has 2 N–H and O–H groups in total. The Morgan fingerprint density at radius 3 is 2.53 bits per heavy atom. The van der Waals surface area contributed by atoms with Gasteiger partial charge in [-0.05, 0) is 25.7 Å². The molecule has 1 aliphatic carbocycles. The molecule has 1 aromatic rings. The number of hydrogen-bond donors (Lipinski definition) is 1. The third-order valence-corrected chi connectivity index (χ3v) is 3.35. The summed E-state index contributed by atoms with van der Waals surface area (Å²) in [6.45, 7) is 8.50. The van der Waals surface area contributed by atoms with Crippen LogP contribution in [0.2, 0.25) is 0 Å². The monoisotopic (exact) mass is 205 g/mol. The molecule has 0 amide bonds. The molecule has 2 atom stereocenters. The summed E-state index contributed by atoms with van der Waals surface area (Å²) in [5.74, 6) is 1.53. The van der Waals surface area contributed by atoms with Crippen LogP contribution in [0, 0.1) is 12.3 Å². The lowest BCUT2D eigenvalue weighted by Gasteiger charge is -2.10. The molecular weight excluding hydrogens is 186 g/mol. The van der Waals surface area contributed by atoms with E-state index in [9.17, 15) is 0 Å². The third kappa shape index (κ3) is 1.88. The van der Waals surface area contributed by atoms with Gasteiger partial charge in [-0.2, -0.15) is 0 Å². The maximum Gasteiger partial charge on any atom is 0.132 e. The van der Waals surface area contributed by atoms with Gasteiger partial charge in [0.05, 0.1) is 0 Å². The average Bonchev–Trinajstić information content (AvgIpc) is 2.74. The lowest BCUT2D eigenvalue weighted by molar-refractivity contribution is 0.605. The van der Waals surface area contributed by atoms with Crippen molar-refractivity contribution < 1.29 is 0 Å². The predicted octanol–water partition coefficient (Wildman–Crippen LogP) is 2.32. The Balaban J connectivity index is 2.27. The summed E-state index contributed by atoms with van der Waals surface area (Å²) in [5.41, 5.74) is 8.30. The van der Waals surface area contributed by atoms with Gasteiger partial charge in [-0.15, -0.1) is 0 Å². The van der Waals surface area contributed by atoms with Gasteiger partial charge in [-0.1, -0.05) is 13.8 Å². The van der Waals surface area contributed by atoms with Gasteiger partial charge < -0.3 is 5.73 Å². The number of aryl methyl sites for hydroxylation is 1. The fourth-order valence-corrected chi connectivity index (χ4v) is 2.02. The minimum absolute atomic E-state index is 0.0197. The number of nitrogens with zero attached hydrogens (tertiary/aromatic N) is 2. The SMILES string of the molecule is Cc1nc(C2CC2(C)C)ncc1C(C)N. The molecule has 0 spiro atoms. The molecule has 1 fully saturated rings. The minimum Gasteiger partial charge on any atom is -0.324 e. The Morgan fingerprint density at radius 1 is 1.53 bits per heavy atom. The molecular formula is C12H19N3. The summed E-state index contributed by atoms with van der Waals surface area (Å²) in [5, 5.41) is 0. The smallest absolute Gasteiger partial charge is 0.132 e. The molecule has 0 saturated heterocycles. The summed E-state index contributed by atoms with van der Waals surface area (Å²) < 4.78 is 0. The molecule has 82 valence electrons. The van der Waals surface area contributed by atoms with Crippen molar-refractivity contribution in [1.29, 1.82) is 0 Å². The van der Waals surface area contributed by atoms with Crippen LogP contribution < -0.4 is 5.73 Å². The summed E-state index contributed by atoms with van der Waals surface area (Å²) in [6.07, 6.45) is 3.08. The summed E-state index contributed by atoms with van der Waals surface area (Å²) in [4.78, 5) is 8.99. The quantitative estimate of drug-likeness (QED) is 0.806.